The molecule has 0 unspecified atom stereocenters. The maximum atomic E-state index is 13.9. The summed E-state index contributed by atoms with van der Waals surface area (Å²) in [6.07, 6.45) is 0.863. The summed E-state index contributed by atoms with van der Waals surface area (Å²) < 4.78 is 11.9. The van der Waals surface area contributed by atoms with Crippen molar-refractivity contribution in [2.24, 2.45) is 10.8 Å². The maximum Gasteiger partial charge on any atom is 0.328 e. The molecule has 32 heavy (non-hydrogen) atoms. The van der Waals surface area contributed by atoms with Crippen LogP contribution in [-0.4, -0.2) is 48.9 Å². The molecule has 1 saturated heterocycles. The molecule has 0 radical (unpaired) electrons. The van der Waals surface area contributed by atoms with E-state index in [9.17, 15) is 14.4 Å². The highest BCUT2D eigenvalue weighted by molar-refractivity contribution is 9.10. The summed E-state index contributed by atoms with van der Waals surface area (Å²) in [4.78, 5) is 42.9. The molecule has 2 aromatic rings. The van der Waals surface area contributed by atoms with Crippen molar-refractivity contribution in [1.29, 1.82) is 0 Å². The number of halogens is 1. The number of rotatable bonds is 4. The molecule has 0 N–H and O–H groups in total. The van der Waals surface area contributed by atoms with Crippen LogP contribution in [0.2, 0.25) is 0 Å². The number of morpholine rings is 1. The predicted octanol–water partition coefficient (Wildman–Crippen LogP) is 3.76. The summed E-state index contributed by atoms with van der Waals surface area (Å²) in [5.74, 6) is -1.38. The minimum atomic E-state index is -1.57. The molecule has 2 aromatic carbocycles. The van der Waals surface area contributed by atoms with Gasteiger partial charge >= 0.3 is 5.97 Å². The van der Waals surface area contributed by atoms with Crippen LogP contribution in [-0.2, 0) is 20.7 Å². The van der Waals surface area contributed by atoms with Gasteiger partial charge in [0.15, 0.2) is 11.2 Å². The van der Waals surface area contributed by atoms with Gasteiger partial charge in [-0.3, -0.25) is 14.4 Å². The van der Waals surface area contributed by atoms with Crippen LogP contribution in [0, 0.1) is 10.8 Å². The normalized spacial score (nSPS) is 28.4. The third kappa shape index (κ3) is 2.77. The molecule has 1 saturated carbocycles. The molecule has 166 valence electrons. The van der Waals surface area contributed by atoms with Gasteiger partial charge < -0.3 is 14.4 Å². The number of Topliss-reactive ketones (excluding diaryl/α,β-unsaturated/α-hetero) is 1. The van der Waals surface area contributed by atoms with Gasteiger partial charge in [-0.2, -0.15) is 0 Å². The molecule has 3 atom stereocenters. The molecule has 5 rings (SSSR count). The summed E-state index contributed by atoms with van der Waals surface area (Å²) in [7, 11) is 0. The Hall–Kier alpha value is -2.51. The molecule has 7 heteroatoms. The van der Waals surface area contributed by atoms with E-state index >= 15 is 0 Å². The quantitative estimate of drug-likeness (QED) is 0.278. The molecule has 0 spiro atoms. The lowest BCUT2D eigenvalue weighted by Gasteiger charge is -2.32. The van der Waals surface area contributed by atoms with Gasteiger partial charge in [-0.15, -0.1) is 0 Å². The number of carbonyl (C=O) groups excluding carboxylic acids is 3. The van der Waals surface area contributed by atoms with Crippen molar-refractivity contribution < 1.29 is 23.9 Å². The second-order valence-corrected chi connectivity index (χ2v) is 9.71. The van der Waals surface area contributed by atoms with Crippen LogP contribution < -0.4 is 4.74 Å². The fourth-order valence-electron chi connectivity index (χ4n) is 5.46. The lowest BCUT2D eigenvalue weighted by Crippen LogP contribution is -2.50. The number of hydrogen-bond acceptors (Lipinski definition) is 5. The molecule has 2 fully saturated rings. The molecule has 1 aliphatic carbocycles. The van der Waals surface area contributed by atoms with Crippen molar-refractivity contribution in [2.75, 3.05) is 26.3 Å². The number of amides is 1. The van der Waals surface area contributed by atoms with Crippen LogP contribution in [0.3, 0.4) is 0 Å². The first kappa shape index (κ1) is 21.3. The third-order valence-electron chi connectivity index (χ3n) is 7.29. The number of ketones is 1. The monoisotopic (exact) mass is 497 g/mol. The average Bonchev–Trinajstić information content (AvgIpc) is 3.42. The summed E-state index contributed by atoms with van der Waals surface area (Å²) in [6, 6.07) is 12.8. The van der Waals surface area contributed by atoms with E-state index in [1.54, 1.807) is 36.1 Å². The Balaban J connectivity index is 1.64. The SMILES string of the molecule is CCc1ccc(C(=O)[C@]2(C)[C@@H]3c4cc(Br)ccc4OC(=O)[C@@]32C(=O)N2CCOCC2)cc1. The summed E-state index contributed by atoms with van der Waals surface area (Å²) in [5.41, 5.74) is -0.482. The van der Waals surface area contributed by atoms with Crippen LogP contribution >= 0.6 is 15.9 Å². The first-order valence-corrected chi connectivity index (χ1v) is 11.7. The molecule has 2 heterocycles. The largest absolute Gasteiger partial charge is 0.425 e. The average molecular weight is 498 g/mol. The fourth-order valence-corrected chi connectivity index (χ4v) is 5.84. The van der Waals surface area contributed by atoms with E-state index in [0.717, 1.165) is 16.5 Å². The number of hydrogen-bond donors (Lipinski definition) is 0. The number of carbonyl (C=O) groups is 3. The smallest absolute Gasteiger partial charge is 0.328 e. The second-order valence-electron chi connectivity index (χ2n) is 8.80. The summed E-state index contributed by atoms with van der Waals surface area (Å²) in [6.45, 7) is 5.39. The van der Waals surface area contributed by atoms with Gasteiger partial charge in [0, 0.05) is 34.6 Å². The third-order valence-corrected chi connectivity index (χ3v) is 7.78. The van der Waals surface area contributed by atoms with Gasteiger partial charge in [0.05, 0.1) is 18.6 Å². The Bertz CT molecular complexity index is 1120. The number of fused-ring (bicyclic) bond motifs is 3. The van der Waals surface area contributed by atoms with Crippen molar-refractivity contribution in [3.8, 4) is 5.75 Å². The lowest BCUT2D eigenvalue weighted by molar-refractivity contribution is -0.156. The van der Waals surface area contributed by atoms with E-state index in [0.29, 0.717) is 43.2 Å². The molecule has 6 nitrogen and oxygen atoms in total. The number of ether oxygens (including phenoxy) is 2. The van der Waals surface area contributed by atoms with Crippen molar-refractivity contribution in [1.82, 2.24) is 4.90 Å². The van der Waals surface area contributed by atoms with E-state index in [1.165, 1.54) is 0 Å². The van der Waals surface area contributed by atoms with Gasteiger partial charge in [0.25, 0.3) is 0 Å². The molecule has 0 bridgehead atoms. The molecular formula is C25H24BrNO5. The zero-order valence-electron chi connectivity index (χ0n) is 18.0. The molecular weight excluding hydrogens is 474 g/mol. The zero-order chi connectivity index (χ0) is 22.7. The van der Waals surface area contributed by atoms with Crippen LogP contribution in [0.15, 0.2) is 46.9 Å². The number of aryl methyl sites for hydroxylation is 1. The van der Waals surface area contributed by atoms with E-state index in [4.69, 9.17) is 9.47 Å². The highest BCUT2D eigenvalue weighted by Crippen LogP contribution is 2.78. The van der Waals surface area contributed by atoms with Crippen molar-refractivity contribution >= 4 is 33.6 Å². The fraction of sp³-hybridized carbons (Fsp3) is 0.400. The Labute approximate surface area is 195 Å². The van der Waals surface area contributed by atoms with Crippen LogP contribution in [0.4, 0.5) is 0 Å². The minimum Gasteiger partial charge on any atom is -0.425 e. The van der Waals surface area contributed by atoms with Gasteiger partial charge in [-0.05, 0) is 37.1 Å². The first-order valence-electron chi connectivity index (χ1n) is 10.9. The Morgan fingerprint density at radius 3 is 2.47 bits per heavy atom. The maximum absolute atomic E-state index is 13.9. The van der Waals surface area contributed by atoms with E-state index in [-0.39, 0.29) is 11.7 Å². The topological polar surface area (TPSA) is 72.9 Å². The standard InChI is InChI=1S/C25H24BrNO5/c1-3-15-4-6-16(7-5-15)21(28)24(2)20-18-14-17(26)8-9-19(18)32-23(30)25(20,24)22(29)27-10-12-31-13-11-27/h4-9,14,20H,3,10-13H2,1-2H3/t20-,24-,25-/m0/s1. The van der Waals surface area contributed by atoms with Gasteiger partial charge in [-0.25, -0.2) is 0 Å². The Morgan fingerprint density at radius 1 is 1.12 bits per heavy atom. The Morgan fingerprint density at radius 2 is 1.81 bits per heavy atom. The highest BCUT2D eigenvalue weighted by Gasteiger charge is 2.88. The zero-order valence-corrected chi connectivity index (χ0v) is 19.6. The molecule has 1 amide bonds. The lowest BCUT2D eigenvalue weighted by atomic mass is 9.85. The van der Waals surface area contributed by atoms with Crippen molar-refractivity contribution in [3.05, 3.63) is 63.6 Å². The molecule has 2 aliphatic heterocycles. The van der Waals surface area contributed by atoms with E-state index in [2.05, 4.69) is 15.9 Å². The van der Waals surface area contributed by atoms with Crippen molar-refractivity contribution in [2.45, 2.75) is 26.2 Å². The highest BCUT2D eigenvalue weighted by atomic mass is 79.9. The molecule has 0 aromatic heterocycles. The summed E-state index contributed by atoms with van der Waals surface area (Å²) >= 11 is 3.48. The van der Waals surface area contributed by atoms with E-state index < -0.39 is 22.7 Å². The summed E-state index contributed by atoms with van der Waals surface area (Å²) in [5, 5.41) is 0. The van der Waals surface area contributed by atoms with Crippen LogP contribution in [0.1, 0.15) is 41.3 Å². The first-order chi connectivity index (χ1) is 15.4. The van der Waals surface area contributed by atoms with Gasteiger partial charge in [-0.1, -0.05) is 47.1 Å². The second kappa shape index (κ2) is 7.52. The molecule has 3 aliphatic rings. The number of esters is 1. The van der Waals surface area contributed by atoms with Crippen LogP contribution in [0.25, 0.3) is 0 Å². The Kier molecular flexibility index (Phi) is 5.02. The van der Waals surface area contributed by atoms with Gasteiger partial charge in [0.1, 0.15) is 5.75 Å². The number of benzene rings is 2. The minimum absolute atomic E-state index is 0.212. The van der Waals surface area contributed by atoms with Crippen LogP contribution in [0.5, 0.6) is 5.75 Å². The van der Waals surface area contributed by atoms with E-state index in [1.807, 2.05) is 25.1 Å². The number of nitrogens with zero attached hydrogens (tertiary/aromatic N) is 1. The predicted molar refractivity (Wildman–Crippen MR) is 121 cm³/mol. The van der Waals surface area contributed by atoms with Crippen molar-refractivity contribution in [3.63, 3.8) is 0 Å². The van der Waals surface area contributed by atoms with Gasteiger partial charge in [0.2, 0.25) is 5.91 Å².